The largest absolute Gasteiger partial charge is 0.396 e. The maximum Gasteiger partial charge on any atom is 0.123 e. The average molecular weight is 361 g/mol. The highest BCUT2D eigenvalue weighted by Gasteiger charge is 2.33. The van der Waals surface area contributed by atoms with Gasteiger partial charge in [-0.25, -0.2) is 9.07 Å². The van der Waals surface area contributed by atoms with Gasteiger partial charge in [-0.3, -0.25) is 0 Å². The van der Waals surface area contributed by atoms with E-state index in [-0.39, 0.29) is 17.8 Å². The second-order valence-electron chi connectivity index (χ2n) is 7.55. The van der Waals surface area contributed by atoms with Gasteiger partial charge < -0.3 is 14.7 Å². The zero-order chi connectivity index (χ0) is 18.7. The fourth-order valence-electron chi connectivity index (χ4n) is 3.85. The van der Waals surface area contributed by atoms with Gasteiger partial charge in [-0.15, -0.1) is 0 Å². The van der Waals surface area contributed by atoms with E-state index in [1.807, 2.05) is 31.6 Å². The number of ether oxygens (including phenoxy) is 1. The standard InChI is InChI=1S/C20H28FN3O2/c1-15-10-16(2)24(22-15)19-5-4-18(21)11-17(19)12-23(3)13-20(14-25)6-8-26-9-7-20/h4-5,10-11,25H,6-9,12-14H2,1-3H3. The van der Waals surface area contributed by atoms with E-state index in [0.717, 1.165) is 42.0 Å². The molecule has 0 unspecified atom stereocenters. The number of aryl methyl sites for hydroxylation is 2. The summed E-state index contributed by atoms with van der Waals surface area (Å²) in [7, 11) is 2.02. The minimum atomic E-state index is -0.249. The number of halogens is 1. The first-order valence-electron chi connectivity index (χ1n) is 9.12. The molecule has 6 heteroatoms. The van der Waals surface area contributed by atoms with Crippen molar-refractivity contribution in [3.8, 4) is 5.69 Å². The van der Waals surface area contributed by atoms with Gasteiger partial charge in [0.15, 0.2) is 0 Å². The first kappa shape index (κ1) is 19.0. The molecule has 26 heavy (non-hydrogen) atoms. The van der Waals surface area contributed by atoms with Gasteiger partial charge in [-0.1, -0.05) is 0 Å². The second-order valence-corrected chi connectivity index (χ2v) is 7.55. The maximum atomic E-state index is 13.9. The molecule has 1 fully saturated rings. The number of aromatic nitrogens is 2. The number of hydrogen-bond acceptors (Lipinski definition) is 4. The van der Waals surface area contributed by atoms with Crippen molar-refractivity contribution < 1.29 is 14.2 Å². The van der Waals surface area contributed by atoms with Crippen molar-refractivity contribution in [1.29, 1.82) is 0 Å². The van der Waals surface area contributed by atoms with E-state index in [1.165, 1.54) is 6.07 Å². The third-order valence-corrected chi connectivity index (χ3v) is 5.21. The SMILES string of the molecule is Cc1cc(C)n(-c2ccc(F)cc2CN(C)CC2(CO)CCOCC2)n1. The molecule has 1 aromatic carbocycles. The van der Waals surface area contributed by atoms with E-state index in [4.69, 9.17) is 4.74 Å². The first-order valence-corrected chi connectivity index (χ1v) is 9.12. The molecule has 3 rings (SSSR count). The van der Waals surface area contributed by atoms with Crippen LogP contribution in [0.1, 0.15) is 29.8 Å². The molecule has 2 heterocycles. The summed E-state index contributed by atoms with van der Waals surface area (Å²) < 4.78 is 21.2. The van der Waals surface area contributed by atoms with E-state index < -0.39 is 0 Å². The summed E-state index contributed by atoms with van der Waals surface area (Å²) >= 11 is 0. The van der Waals surface area contributed by atoms with E-state index in [1.54, 1.807) is 12.1 Å². The molecule has 0 bridgehead atoms. The third kappa shape index (κ3) is 4.14. The Bertz CT molecular complexity index is 754. The molecule has 0 radical (unpaired) electrons. The summed E-state index contributed by atoms with van der Waals surface area (Å²) in [5.41, 5.74) is 3.60. The molecule has 0 spiro atoms. The monoisotopic (exact) mass is 361 g/mol. The van der Waals surface area contributed by atoms with Gasteiger partial charge in [-0.2, -0.15) is 5.10 Å². The Labute approximate surface area is 154 Å². The molecule has 0 amide bonds. The van der Waals surface area contributed by atoms with Crippen molar-refractivity contribution in [3.63, 3.8) is 0 Å². The number of aliphatic hydroxyl groups excluding tert-OH is 1. The Morgan fingerprint density at radius 2 is 2.00 bits per heavy atom. The van der Waals surface area contributed by atoms with Gasteiger partial charge in [0.05, 0.1) is 18.0 Å². The van der Waals surface area contributed by atoms with Gasteiger partial charge >= 0.3 is 0 Å². The molecular formula is C20H28FN3O2. The smallest absolute Gasteiger partial charge is 0.123 e. The van der Waals surface area contributed by atoms with Crippen LogP contribution in [0.4, 0.5) is 4.39 Å². The Kier molecular flexibility index (Phi) is 5.75. The molecule has 142 valence electrons. The normalized spacial score (nSPS) is 17.0. The van der Waals surface area contributed by atoms with Crippen LogP contribution in [0, 0.1) is 25.1 Å². The zero-order valence-corrected chi connectivity index (χ0v) is 15.8. The number of benzene rings is 1. The van der Waals surface area contributed by atoms with Crippen molar-refractivity contribution in [1.82, 2.24) is 14.7 Å². The highest BCUT2D eigenvalue weighted by atomic mass is 19.1. The minimum Gasteiger partial charge on any atom is -0.396 e. The molecule has 0 atom stereocenters. The van der Waals surface area contributed by atoms with Crippen LogP contribution in [0.25, 0.3) is 5.69 Å². The molecule has 5 nitrogen and oxygen atoms in total. The molecular weight excluding hydrogens is 333 g/mol. The van der Waals surface area contributed by atoms with Gasteiger partial charge in [0, 0.05) is 37.4 Å². The van der Waals surface area contributed by atoms with E-state index in [2.05, 4.69) is 10.00 Å². The fourth-order valence-corrected chi connectivity index (χ4v) is 3.85. The van der Waals surface area contributed by atoms with E-state index in [9.17, 15) is 9.50 Å². The van der Waals surface area contributed by atoms with Crippen molar-refractivity contribution in [2.45, 2.75) is 33.2 Å². The molecule has 0 saturated carbocycles. The zero-order valence-electron chi connectivity index (χ0n) is 15.8. The first-order chi connectivity index (χ1) is 12.4. The van der Waals surface area contributed by atoms with E-state index in [0.29, 0.717) is 19.8 Å². The lowest BCUT2D eigenvalue weighted by atomic mass is 9.80. The van der Waals surface area contributed by atoms with Crippen LogP contribution < -0.4 is 0 Å². The summed E-state index contributed by atoms with van der Waals surface area (Å²) in [6.07, 6.45) is 1.70. The van der Waals surface area contributed by atoms with Crippen molar-refractivity contribution in [3.05, 3.63) is 47.0 Å². The van der Waals surface area contributed by atoms with Crippen LogP contribution in [0.3, 0.4) is 0 Å². The van der Waals surface area contributed by atoms with Crippen LogP contribution in [0.5, 0.6) is 0 Å². The summed E-state index contributed by atoms with van der Waals surface area (Å²) in [5, 5.41) is 14.5. The van der Waals surface area contributed by atoms with Crippen molar-refractivity contribution >= 4 is 0 Å². The molecule has 1 aromatic heterocycles. The topological polar surface area (TPSA) is 50.5 Å². The lowest BCUT2D eigenvalue weighted by Crippen LogP contribution is -2.42. The maximum absolute atomic E-state index is 13.9. The summed E-state index contributed by atoms with van der Waals surface area (Å²) in [4.78, 5) is 2.16. The summed E-state index contributed by atoms with van der Waals surface area (Å²) in [5.74, 6) is -0.249. The Morgan fingerprint density at radius 3 is 2.62 bits per heavy atom. The lowest BCUT2D eigenvalue weighted by molar-refractivity contribution is -0.0318. The van der Waals surface area contributed by atoms with Crippen LogP contribution >= 0.6 is 0 Å². The summed E-state index contributed by atoms with van der Waals surface area (Å²) in [6.45, 7) is 6.81. The molecule has 1 N–H and O–H groups in total. The minimum absolute atomic E-state index is 0.140. The van der Waals surface area contributed by atoms with Gasteiger partial charge in [-0.05, 0) is 63.6 Å². The third-order valence-electron chi connectivity index (χ3n) is 5.21. The molecule has 1 aliphatic heterocycles. The Hall–Kier alpha value is -1.76. The Morgan fingerprint density at radius 1 is 1.27 bits per heavy atom. The van der Waals surface area contributed by atoms with Gasteiger partial charge in [0.1, 0.15) is 5.82 Å². The number of rotatable bonds is 6. The molecule has 0 aliphatic carbocycles. The number of nitrogens with zero attached hydrogens (tertiary/aromatic N) is 3. The predicted molar refractivity (Wildman–Crippen MR) is 98.9 cm³/mol. The Balaban J connectivity index is 1.82. The van der Waals surface area contributed by atoms with Gasteiger partial charge in [0.25, 0.3) is 0 Å². The van der Waals surface area contributed by atoms with Crippen LogP contribution in [-0.4, -0.2) is 53.2 Å². The van der Waals surface area contributed by atoms with Crippen LogP contribution in [0.15, 0.2) is 24.3 Å². The van der Waals surface area contributed by atoms with Crippen molar-refractivity contribution in [2.75, 3.05) is 33.4 Å². The van der Waals surface area contributed by atoms with Crippen LogP contribution in [-0.2, 0) is 11.3 Å². The highest BCUT2D eigenvalue weighted by molar-refractivity contribution is 5.42. The average Bonchev–Trinajstić information content (AvgIpc) is 2.94. The fraction of sp³-hybridized carbons (Fsp3) is 0.550. The summed E-state index contributed by atoms with van der Waals surface area (Å²) in [6, 6.07) is 6.86. The molecule has 2 aromatic rings. The predicted octanol–water partition coefficient (Wildman–Crippen LogP) is 2.85. The van der Waals surface area contributed by atoms with Crippen LogP contribution in [0.2, 0.25) is 0 Å². The second kappa shape index (κ2) is 7.86. The lowest BCUT2D eigenvalue weighted by Gasteiger charge is -2.38. The number of hydrogen-bond donors (Lipinski definition) is 1. The van der Waals surface area contributed by atoms with Crippen molar-refractivity contribution in [2.24, 2.45) is 5.41 Å². The van der Waals surface area contributed by atoms with Gasteiger partial charge in [0.2, 0.25) is 0 Å². The van der Waals surface area contributed by atoms with E-state index >= 15 is 0 Å². The number of aliphatic hydroxyl groups is 1. The quantitative estimate of drug-likeness (QED) is 0.860. The molecule has 1 saturated heterocycles. The highest BCUT2D eigenvalue weighted by Crippen LogP contribution is 2.31. The molecule has 1 aliphatic rings.